The number of fused-ring (bicyclic) bond motifs is 3. The average molecular weight is 315 g/mol. The second-order valence-electron chi connectivity index (χ2n) is 3.93. The summed E-state index contributed by atoms with van der Waals surface area (Å²) < 4.78 is 44.0. The standard InChI is InChI=1S/C13H6BrF3O/c14-10-3-1-2-9-8-5-4-7(13(15,16)17)6-11(8)18-12(9)10/h1-6H. The van der Waals surface area contributed by atoms with Gasteiger partial charge in [-0.3, -0.25) is 0 Å². The molecule has 1 nitrogen and oxygen atoms in total. The highest BCUT2D eigenvalue weighted by Crippen LogP contribution is 2.37. The highest BCUT2D eigenvalue weighted by molar-refractivity contribution is 9.10. The number of hydrogen-bond donors (Lipinski definition) is 0. The van der Waals surface area contributed by atoms with E-state index in [4.69, 9.17) is 4.42 Å². The van der Waals surface area contributed by atoms with E-state index in [1.165, 1.54) is 6.07 Å². The number of hydrogen-bond acceptors (Lipinski definition) is 1. The summed E-state index contributed by atoms with van der Waals surface area (Å²) in [6.45, 7) is 0. The summed E-state index contributed by atoms with van der Waals surface area (Å²) in [5, 5.41) is 1.48. The first-order valence-corrected chi connectivity index (χ1v) is 5.94. The minimum absolute atomic E-state index is 0.242. The van der Waals surface area contributed by atoms with Crippen LogP contribution in [0.15, 0.2) is 45.3 Å². The average Bonchev–Trinajstić information content (AvgIpc) is 2.67. The maximum Gasteiger partial charge on any atom is 0.416 e. The lowest BCUT2D eigenvalue weighted by atomic mass is 10.1. The normalized spacial score (nSPS) is 12.4. The van der Waals surface area contributed by atoms with E-state index in [1.54, 1.807) is 6.07 Å². The molecule has 0 unspecified atom stereocenters. The third-order valence-corrected chi connectivity index (χ3v) is 3.40. The van der Waals surface area contributed by atoms with E-state index in [9.17, 15) is 13.2 Å². The molecule has 18 heavy (non-hydrogen) atoms. The zero-order chi connectivity index (χ0) is 12.9. The second-order valence-corrected chi connectivity index (χ2v) is 4.78. The van der Waals surface area contributed by atoms with Crippen LogP contribution >= 0.6 is 15.9 Å². The van der Waals surface area contributed by atoms with Crippen LogP contribution in [0.3, 0.4) is 0 Å². The Bertz CT molecular complexity index is 743. The molecule has 0 aliphatic heterocycles. The molecule has 0 radical (unpaired) electrons. The molecule has 1 aromatic heterocycles. The number of para-hydroxylation sites is 1. The van der Waals surface area contributed by atoms with Crippen molar-refractivity contribution in [3.63, 3.8) is 0 Å². The van der Waals surface area contributed by atoms with Gasteiger partial charge in [0.2, 0.25) is 0 Å². The largest absolute Gasteiger partial charge is 0.455 e. The van der Waals surface area contributed by atoms with Crippen molar-refractivity contribution in [2.45, 2.75) is 6.18 Å². The molecule has 0 N–H and O–H groups in total. The number of rotatable bonds is 0. The van der Waals surface area contributed by atoms with Crippen LogP contribution in [-0.2, 0) is 6.18 Å². The van der Waals surface area contributed by atoms with Gasteiger partial charge in [0.05, 0.1) is 10.0 Å². The molecule has 3 rings (SSSR count). The van der Waals surface area contributed by atoms with Gasteiger partial charge in [0.1, 0.15) is 11.2 Å². The Hall–Kier alpha value is -1.49. The molecule has 0 spiro atoms. The fourth-order valence-corrected chi connectivity index (χ4v) is 2.39. The quantitative estimate of drug-likeness (QED) is 0.544. The first-order valence-electron chi connectivity index (χ1n) is 5.15. The molecule has 0 aliphatic rings. The third kappa shape index (κ3) is 1.70. The monoisotopic (exact) mass is 314 g/mol. The van der Waals surface area contributed by atoms with Gasteiger partial charge in [-0.15, -0.1) is 0 Å². The molecule has 0 atom stereocenters. The molecule has 92 valence electrons. The minimum Gasteiger partial charge on any atom is -0.455 e. The van der Waals surface area contributed by atoms with Crippen molar-refractivity contribution in [3.8, 4) is 0 Å². The lowest BCUT2D eigenvalue weighted by Crippen LogP contribution is -2.03. The SMILES string of the molecule is FC(F)(F)c1ccc2c(c1)oc1c(Br)cccc12. The van der Waals surface area contributed by atoms with Crippen molar-refractivity contribution < 1.29 is 17.6 Å². The molecule has 0 bridgehead atoms. The predicted octanol–water partition coefficient (Wildman–Crippen LogP) is 5.37. The Morgan fingerprint density at radius 3 is 2.50 bits per heavy atom. The molecule has 5 heteroatoms. The summed E-state index contributed by atoms with van der Waals surface area (Å²) in [4.78, 5) is 0. The summed E-state index contributed by atoms with van der Waals surface area (Å²) >= 11 is 3.32. The molecule has 0 saturated carbocycles. The van der Waals surface area contributed by atoms with Gasteiger partial charge < -0.3 is 4.42 Å². The van der Waals surface area contributed by atoms with Crippen LogP contribution in [0.1, 0.15) is 5.56 Å². The molecule has 0 fully saturated rings. The van der Waals surface area contributed by atoms with E-state index < -0.39 is 11.7 Å². The van der Waals surface area contributed by atoms with Crippen LogP contribution in [0.4, 0.5) is 13.2 Å². The van der Waals surface area contributed by atoms with E-state index in [2.05, 4.69) is 15.9 Å². The molecule has 0 saturated heterocycles. The molecular weight excluding hydrogens is 309 g/mol. The van der Waals surface area contributed by atoms with Gasteiger partial charge in [0.25, 0.3) is 0 Å². The fraction of sp³-hybridized carbons (Fsp3) is 0.0769. The summed E-state index contributed by atoms with van der Waals surface area (Å²) in [6, 6.07) is 8.96. The van der Waals surface area contributed by atoms with Crippen LogP contribution in [-0.4, -0.2) is 0 Å². The van der Waals surface area contributed by atoms with Crippen molar-refractivity contribution in [3.05, 3.63) is 46.4 Å². The smallest absolute Gasteiger partial charge is 0.416 e. The molecule has 0 amide bonds. The van der Waals surface area contributed by atoms with Crippen LogP contribution < -0.4 is 0 Å². The van der Waals surface area contributed by atoms with Gasteiger partial charge in [0.15, 0.2) is 0 Å². The third-order valence-electron chi connectivity index (χ3n) is 2.78. The van der Waals surface area contributed by atoms with Crippen molar-refractivity contribution in [1.29, 1.82) is 0 Å². The van der Waals surface area contributed by atoms with E-state index in [0.29, 0.717) is 11.0 Å². The lowest BCUT2D eigenvalue weighted by molar-refractivity contribution is -0.137. The van der Waals surface area contributed by atoms with Crippen molar-refractivity contribution in [1.82, 2.24) is 0 Å². The van der Waals surface area contributed by atoms with Crippen molar-refractivity contribution in [2.75, 3.05) is 0 Å². The van der Waals surface area contributed by atoms with Gasteiger partial charge in [-0.2, -0.15) is 13.2 Å². The Labute approximate surface area is 108 Å². The first-order chi connectivity index (χ1) is 8.47. The predicted molar refractivity (Wildman–Crippen MR) is 66.4 cm³/mol. The van der Waals surface area contributed by atoms with Gasteiger partial charge in [-0.05, 0) is 40.2 Å². The summed E-state index contributed by atoms with van der Waals surface area (Å²) in [5.41, 5.74) is 0.101. The molecular formula is C13H6BrF3O. The van der Waals surface area contributed by atoms with Gasteiger partial charge in [-0.25, -0.2) is 0 Å². The van der Waals surface area contributed by atoms with Gasteiger partial charge in [-0.1, -0.05) is 12.1 Å². The molecule has 3 aromatic rings. The highest BCUT2D eigenvalue weighted by atomic mass is 79.9. The molecule has 1 heterocycles. The molecule has 0 aliphatic carbocycles. The van der Waals surface area contributed by atoms with E-state index >= 15 is 0 Å². The second kappa shape index (κ2) is 3.75. The van der Waals surface area contributed by atoms with Crippen LogP contribution in [0.5, 0.6) is 0 Å². The zero-order valence-electron chi connectivity index (χ0n) is 8.88. The number of benzene rings is 2. The van der Waals surface area contributed by atoms with Crippen molar-refractivity contribution in [2.24, 2.45) is 0 Å². The molecule has 2 aromatic carbocycles. The van der Waals surface area contributed by atoms with Crippen LogP contribution in [0.25, 0.3) is 21.9 Å². The minimum atomic E-state index is -4.36. The Morgan fingerprint density at radius 2 is 1.78 bits per heavy atom. The van der Waals surface area contributed by atoms with Gasteiger partial charge in [0, 0.05) is 10.8 Å². The fourth-order valence-electron chi connectivity index (χ4n) is 1.94. The lowest BCUT2D eigenvalue weighted by Gasteiger charge is -2.05. The summed E-state index contributed by atoms with van der Waals surface area (Å²) in [6.07, 6.45) is -4.36. The summed E-state index contributed by atoms with van der Waals surface area (Å²) in [7, 11) is 0. The van der Waals surface area contributed by atoms with E-state index in [-0.39, 0.29) is 5.58 Å². The topological polar surface area (TPSA) is 13.1 Å². The number of halogens is 4. The number of furan rings is 1. The van der Waals surface area contributed by atoms with Crippen molar-refractivity contribution >= 4 is 37.9 Å². The zero-order valence-corrected chi connectivity index (χ0v) is 10.5. The Kier molecular flexibility index (Phi) is 2.41. The Balaban J connectivity index is 2.37. The maximum absolute atomic E-state index is 12.6. The van der Waals surface area contributed by atoms with E-state index in [0.717, 1.165) is 22.0 Å². The van der Waals surface area contributed by atoms with Gasteiger partial charge >= 0.3 is 6.18 Å². The summed E-state index contributed by atoms with van der Waals surface area (Å²) in [5.74, 6) is 0. The number of alkyl halides is 3. The van der Waals surface area contributed by atoms with Crippen LogP contribution in [0, 0.1) is 0 Å². The Morgan fingerprint density at radius 1 is 1.00 bits per heavy atom. The first kappa shape index (κ1) is 11.6. The van der Waals surface area contributed by atoms with Crippen LogP contribution in [0.2, 0.25) is 0 Å². The maximum atomic E-state index is 12.6. The highest BCUT2D eigenvalue weighted by Gasteiger charge is 2.31. The van der Waals surface area contributed by atoms with E-state index in [1.807, 2.05) is 12.1 Å².